The number of carbonyl (C=O) groups excluding carboxylic acids is 1. The average Bonchev–Trinajstić information content (AvgIpc) is 2.83. The van der Waals surface area contributed by atoms with E-state index < -0.39 is 0 Å². The number of nitrogens with one attached hydrogen (secondary N) is 3. The lowest BCUT2D eigenvalue weighted by Crippen LogP contribution is -2.31. The molecule has 1 aromatic carbocycles. The summed E-state index contributed by atoms with van der Waals surface area (Å²) in [7, 11) is 4.28. The SMILES string of the molecule is CC(C)NC(=O)c1cnc(Nc2ccc3c(c2)CCC(CN(C)C)C3)nc1Nc1cccc(C(C)(C)C)n1.[HH]. The summed E-state index contributed by atoms with van der Waals surface area (Å²) >= 11 is 0. The summed E-state index contributed by atoms with van der Waals surface area (Å²) in [4.78, 5) is 29.1. The Kier molecular flexibility index (Phi) is 8.31. The van der Waals surface area contributed by atoms with Crippen LogP contribution in [0.25, 0.3) is 0 Å². The maximum Gasteiger partial charge on any atom is 0.256 e. The van der Waals surface area contributed by atoms with Crippen molar-refractivity contribution in [2.45, 2.75) is 65.3 Å². The van der Waals surface area contributed by atoms with E-state index in [0.29, 0.717) is 29.1 Å². The minimum atomic E-state index is -0.234. The minimum absolute atomic E-state index is 0. The topological polar surface area (TPSA) is 95.1 Å². The summed E-state index contributed by atoms with van der Waals surface area (Å²) < 4.78 is 0. The summed E-state index contributed by atoms with van der Waals surface area (Å²) in [6, 6.07) is 12.3. The normalized spacial score (nSPS) is 15.3. The van der Waals surface area contributed by atoms with Crippen LogP contribution >= 0.6 is 0 Å². The monoisotopic (exact) mass is 517 g/mol. The van der Waals surface area contributed by atoms with Gasteiger partial charge in [-0.05, 0) is 88.5 Å². The molecule has 0 fully saturated rings. The molecule has 1 atom stereocenters. The highest BCUT2D eigenvalue weighted by atomic mass is 16.1. The molecule has 0 aliphatic heterocycles. The number of fused-ring (bicyclic) bond motifs is 1. The van der Waals surface area contributed by atoms with Crippen LogP contribution in [-0.2, 0) is 18.3 Å². The van der Waals surface area contributed by atoms with Crippen LogP contribution in [0.5, 0.6) is 0 Å². The van der Waals surface area contributed by atoms with Gasteiger partial charge in [-0.1, -0.05) is 32.9 Å². The van der Waals surface area contributed by atoms with Gasteiger partial charge < -0.3 is 20.9 Å². The molecule has 0 saturated heterocycles. The van der Waals surface area contributed by atoms with Gasteiger partial charge in [0, 0.05) is 37.0 Å². The van der Waals surface area contributed by atoms with E-state index >= 15 is 0 Å². The molecular weight excluding hydrogens is 474 g/mol. The van der Waals surface area contributed by atoms with Crippen molar-refractivity contribution in [3.05, 3.63) is 65.0 Å². The smallest absolute Gasteiger partial charge is 0.256 e. The van der Waals surface area contributed by atoms with Gasteiger partial charge in [-0.25, -0.2) is 9.97 Å². The van der Waals surface area contributed by atoms with Crippen molar-refractivity contribution in [3.8, 4) is 0 Å². The molecule has 0 spiro atoms. The first-order valence-electron chi connectivity index (χ1n) is 13.4. The van der Waals surface area contributed by atoms with E-state index in [1.807, 2.05) is 32.0 Å². The van der Waals surface area contributed by atoms with Gasteiger partial charge in [-0.3, -0.25) is 4.79 Å². The summed E-state index contributed by atoms with van der Waals surface area (Å²) in [5.74, 6) is 1.91. The zero-order valence-corrected chi connectivity index (χ0v) is 23.7. The van der Waals surface area contributed by atoms with Crippen LogP contribution in [0.1, 0.15) is 69.6 Å². The number of rotatable bonds is 8. The molecule has 1 unspecified atom stereocenters. The first kappa shape index (κ1) is 27.5. The molecule has 38 heavy (non-hydrogen) atoms. The molecule has 4 rings (SSSR count). The van der Waals surface area contributed by atoms with Gasteiger partial charge >= 0.3 is 0 Å². The molecule has 1 aliphatic rings. The van der Waals surface area contributed by atoms with Crippen molar-refractivity contribution in [2.75, 3.05) is 31.3 Å². The van der Waals surface area contributed by atoms with Crippen molar-refractivity contribution < 1.29 is 6.22 Å². The maximum atomic E-state index is 12.9. The third-order valence-electron chi connectivity index (χ3n) is 6.63. The standard InChI is InChI=1S/C30H41N7O.H2/c1-19(2)32-28(38)24-17-31-29(36-27(24)35-26-10-8-9-25(34-26)30(3,4)5)33-23-14-13-21-15-20(18-37(6)7)11-12-22(21)16-23;/h8-10,13-14,16-17,19-20H,11-12,15,18H2,1-7H3,(H,32,38)(H2,31,33,34,35,36);1H. The lowest BCUT2D eigenvalue weighted by Gasteiger charge is -2.27. The zero-order chi connectivity index (χ0) is 27.4. The van der Waals surface area contributed by atoms with Crippen molar-refractivity contribution >= 4 is 29.2 Å². The molecule has 8 nitrogen and oxygen atoms in total. The molecule has 0 radical (unpaired) electrons. The van der Waals surface area contributed by atoms with Crippen molar-refractivity contribution in [1.82, 2.24) is 25.2 Å². The largest absolute Gasteiger partial charge is 0.350 e. The maximum absolute atomic E-state index is 12.9. The van der Waals surface area contributed by atoms with Crippen LogP contribution in [0, 0.1) is 5.92 Å². The van der Waals surface area contributed by atoms with Crippen LogP contribution in [0.3, 0.4) is 0 Å². The molecule has 0 bridgehead atoms. The minimum Gasteiger partial charge on any atom is -0.350 e. The van der Waals surface area contributed by atoms with E-state index in [0.717, 1.165) is 30.8 Å². The number of hydrogen-bond donors (Lipinski definition) is 3. The molecule has 1 amide bonds. The van der Waals surface area contributed by atoms with Gasteiger partial charge in [0.05, 0.1) is 0 Å². The average molecular weight is 518 g/mol. The Morgan fingerprint density at radius 2 is 1.89 bits per heavy atom. The predicted molar refractivity (Wildman–Crippen MR) is 157 cm³/mol. The second-order valence-corrected chi connectivity index (χ2v) is 11.8. The molecule has 3 aromatic rings. The van der Waals surface area contributed by atoms with E-state index in [1.54, 1.807) is 6.20 Å². The summed E-state index contributed by atoms with van der Waals surface area (Å²) in [5.41, 5.74) is 4.94. The van der Waals surface area contributed by atoms with Crippen LogP contribution < -0.4 is 16.0 Å². The first-order valence-corrected chi connectivity index (χ1v) is 13.4. The molecular formula is C30H43N7O. The highest BCUT2D eigenvalue weighted by molar-refractivity contribution is 5.99. The number of nitrogens with zero attached hydrogens (tertiary/aromatic N) is 4. The van der Waals surface area contributed by atoms with Crippen molar-refractivity contribution in [1.29, 1.82) is 0 Å². The van der Waals surface area contributed by atoms with Gasteiger partial charge in [-0.2, -0.15) is 4.98 Å². The van der Waals surface area contributed by atoms with E-state index in [1.165, 1.54) is 17.5 Å². The van der Waals surface area contributed by atoms with E-state index in [9.17, 15) is 4.79 Å². The highest BCUT2D eigenvalue weighted by Crippen LogP contribution is 2.30. The van der Waals surface area contributed by atoms with Crippen LogP contribution in [0.15, 0.2) is 42.6 Å². The Morgan fingerprint density at radius 1 is 1.11 bits per heavy atom. The Labute approximate surface area is 228 Å². The van der Waals surface area contributed by atoms with Crippen molar-refractivity contribution in [2.24, 2.45) is 5.92 Å². The quantitative estimate of drug-likeness (QED) is 0.352. The fraction of sp³-hybridized carbons (Fsp3) is 0.467. The fourth-order valence-electron chi connectivity index (χ4n) is 4.80. The predicted octanol–water partition coefficient (Wildman–Crippen LogP) is 5.71. The van der Waals surface area contributed by atoms with E-state index in [4.69, 9.17) is 9.97 Å². The summed E-state index contributed by atoms with van der Waals surface area (Å²) in [6.07, 6.45) is 4.94. The molecule has 8 heteroatoms. The number of carbonyl (C=O) groups is 1. The Hall–Kier alpha value is -3.52. The molecule has 1 aliphatic carbocycles. The van der Waals surface area contributed by atoms with Crippen LogP contribution in [0.2, 0.25) is 0 Å². The number of amides is 1. The highest BCUT2D eigenvalue weighted by Gasteiger charge is 2.21. The van der Waals surface area contributed by atoms with Gasteiger partial charge in [0.2, 0.25) is 5.95 Å². The Balaban J connectivity index is 0.00000420. The Bertz CT molecular complexity index is 1290. The number of pyridine rings is 1. The molecule has 204 valence electrons. The first-order chi connectivity index (χ1) is 18.0. The number of anilines is 4. The fourth-order valence-corrected chi connectivity index (χ4v) is 4.80. The van der Waals surface area contributed by atoms with E-state index in [2.05, 4.69) is 78.9 Å². The number of aromatic nitrogens is 3. The van der Waals surface area contributed by atoms with Gasteiger partial charge in [-0.15, -0.1) is 0 Å². The zero-order valence-electron chi connectivity index (χ0n) is 23.7. The molecule has 2 heterocycles. The van der Waals surface area contributed by atoms with Gasteiger partial charge in [0.25, 0.3) is 5.91 Å². The third-order valence-corrected chi connectivity index (χ3v) is 6.63. The molecule has 2 aromatic heterocycles. The third kappa shape index (κ3) is 7.07. The molecule has 3 N–H and O–H groups in total. The number of hydrogen-bond acceptors (Lipinski definition) is 7. The van der Waals surface area contributed by atoms with Crippen molar-refractivity contribution in [3.63, 3.8) is 0 Å². The summed E-state index contributed by atoms with van der Waals surface area (Å²) in [6.45, 7) is 11.3. The second kappa shape index (κ2) is 11.5. The Morgan fingerprint density at radius 3 is 2.61 bits per heavy atom. The van der Waals surface area contributed by atoms with Crippen LogP contribution in [-0.4, -0.2) is 52.4 Å². The van der Waals surface area contributed by atoms with Crippen LogP contribution in [0.4, 0.5) is 23.3 Å². The van der Waals surface area contributed by atoms with Gasteiger partial charge in [0.1, 0.15) is 17.2 Å². The lowest BCUT2D eigenvalue weighted by molar-refractivity contribution is 0.0943. The van der Waals surface area contributed by atoms with Gasteiger partial charge in [0.15, 0.2) is 0 Å². The number of aryl methyl sites for hydroxylation is 1. The summed E-state index contributed by atoms with van der Waals surface area (Å²) in [5, 5.41) is 9.55. The van der Waals surface area contributed by atoms with E-state index in [-0.39, 0.29) is 18.8 Å². The number of benzene rings is 1. The second-order valence-electron chi connectivity index (χ2n) is 11.8. The molecule has 0 saturated carbocycles. The lowest BCUT2D eigenvalue weighted by atomic mass is 9.83.